The summed E-state index contributed by atoms with van der Waals surface area (Å²) in [4.78, 5) is 14.0. The van der Waals surface area contributed by atoms with Crippen molar-refractivity contribution in [3.63, 3.8) is 0 Å². The van der Waals surface area contributed by atoms with Crippen molar-refractivity contribution in [1.29, 1.82) is 0 Å². The molecule has 0 bridgehead atoms. The number of halogens is 1. The molecule has 0 unspecified atom stereocenters. The number of hydrogen-bond donors (Lipinski definition) is 0. The summed E-state index contributed by atoms with van der Waals surface area (Å²) in [6.07, 6.45) is 1.82. The highest BCUT2D eigenvalue weighted by Crippen LogP contribution is 2.33. The highest BCUT2D eigenvalue weighted by atomic mass is 79.9. The molecule has 1 heterocycles. The van der Waals surface area contributed by atoms with Crippen LogP contribution in [0.1, 0.15) is 45.2 Å². The van der Waals surface area contributed by atoms with Gasteiger partial charge in [-0.05, 0) is 51.3 Å². The molecule has 3 nitrogen and oxygen atoms in total. The van der Waals surface area contributed by atoms with Crippen LogP contribution in [-0.4, -0.2) is 23.1 Å². The van der Waals surface area contributed by atoms with E-state index in [0.717, 1.165) is 23.9 Å². The minimum atomic E-state index is -0.441. The zero-order valence-corrected chi connectivity index (χ0v) is 13.2. The maximum absolute atomic E-state index is 12.2. The standard InChI is InChI=1S/C15H20BrNO2/c1-15(2,3)19-14(18)17-10-4-5-13(17)11-6-8-12(16)9-7-11/h6-9,13H,4-5,10H2,1-3H3/t13-/m0/s1. The lowest BCUT2D eigenvalue weighted by Crippen LogP contribution is -2.36. The zero-order chi connectivity index (χ0) is 14.0. The molecule has 0 spiro atoms. The number of ether oxygens (including phenoxy) is 1. The highest BCUT2D eigenvalue weighted by Gasteiger charge is 2.32. The van der Waals surface area contributed by atoms with Gasteiger partial charge in [-0.25, -0.2) is 4.79 Å². The first kappa shape index (κ1) is 14.4. The van der Waals surface area contributed by atoms with Gasteiger partial charge in [0.15, 0.2) is 0 Å². The number of benzene rings is 1. The molecule has 0 aromatic heterocycles. The molecule has 2 rings (SSSR count). The van der Waals surface area contributed by atoms with Gasteiger partial charge in [0.05, 0.1) is 6.04 Å². The average Bonchev–Trinajstić information content (AvgIpc) is 2.76. The number of carbonyl (C=O) groups is 1. The van der Waals surface area contributed by atoms with Crippen molar-refractivity contribution in [1.82, 2.24) is 4.90 Å². The summed E-state index contributed by atoms with van der Waals surface area (Å²) in [6.45, 7) is 6.47. The Morgan fingerprint density at radius 2 is 1.95 bits per heavy atom. The molecule has 4 heteroatoms. The van der Waals surface area contributed by atoms with Gasteiger partial charge >= 0.3 is 6.09 Å². The molecule has 0 radical (unpaired) electrons. The summed E-state index contributed by atoms with van der Waals surface area (Å²) < 4.78 is 6.53. The first-order chi connectivity index (χ1) is 8.87. The molecule has 0 saturated carbocycles. The van der Waals surface area contributed by atoms with Crippen molar-refractivity contribution in [2.45, 2.75) is 45.3 Å². The molecule has 0 N–H and O–H groups in total. The van der Waals surface area contributed by atoms with Crippen LogP contribution in [0.5, 0.6) is 0 Å². The number of nitrogens with zero attached hydrogens (tertiary/aromatic N) is 1. The molecule has 1 fully saturated rings. The lowest BCUT2D eigenvalue weighted by Gasteiger charge is -2.28. The SMILES string of the molecule is CC(C)(C)OC(=O)N1CCC[C@H]1c1ccc(Br)cc1. The van der Waals surface area contributed by atoms with E-state index >= 15 is 0 Å². The van der Waals surface area contributed by atoms with E-state index in [9.17, 15) is 4.79 Å². The molecule has 19 heavy (non-hydrogen) atoms. The fourth-order valence-electron chi connectivity index (χ4n) is 2.34. The fourth-order valence-corrected chi connectivity index (χ4v) is 2.60. The van der Waals surface area contributed by atoms with Crippen molar-refractivity contribution in [2.24, 2.45) is 0 Å². The van der Waals surface area contributed by atoms with E-state index in [1.807, 2.05) is 37.8 Å². The molecule has 1 amide bonds. The van der Waals surface area contributed by atoms with Crippen molar-refractivity contribution in [2.75, 3.05) is 6.54 Å². The van der Waals surface area contributed by atoms with Crippen LogP contribution in [0.3, 0.4) is 0 Å². The first-order valence-electron chi connectivity index (χ1n) is 6.62. The number of carbonyl (C=O) groups excluding carboxylic acids is 1. The predicted octanol–water partition coefficient (Wildman–Crippen LogP) is 4.52. The van der Waals surface area contributed by atoms with Gasteiger partial charge in [-0.2, -0.15) is 0 Å². The molecule has 1 aliphatic rings. The van der Waals surface area contributed by atoms with Gasteiger partial charge < -0.3 is 9.64 Å². The molecule has 104 valence electrons. The normalized spacial score (nSPS) is 19.6. The lowest BCUT2D eigenvalue weighted by molar-refractivity contribution is 0.0224. The van der Waals surface area contributed by atoms with Crippen molar-refractivity contribution in [3.8, 4) is 0 Å². The Morgan fingerprint density at radius 1 is 1.32 bits per heavy atom. The van der Waals surface area contributed by atoms with E-state index in [-0.39, 0.29) is 12.1 Å². The van der Waals surface area contributed by atoms with Crippen LogP contribution in [0.4, 0.5) is 4.79 Å². The summed E-state index contributed by atoms with van der Waals surface area (Å²) >= 11 is 3.43. The number of amides is 1. The Balaban J connectivity index is 2.12. The van der Waals surface area contributed by atoms with Crippen LogP contribution in [0.2, 0.25) is 0 Å². The summed E-state index contributed by atoms with van der Waals surface area (Å²) in [5.74, 6) is 0. The van der Waals surface area contributed by atoms with Crippen LogP contribution in [-0.2, 0) is 4.74 Å². The fraction of sp³-hybridized carbons (Fsp3) is 0.533. The minimum absolute atomic E-state index is 0.142. The third-order valence-electron chi connectivity index (χ3n) is 3.14. The van der Waals surface area contributed by atoms with Gasteiger partial charge in [-0.3, -0.25) is 0 Å². The van der Waals surface area contributed by atoms with Crippen molar-refractivity contribution >= 4 is 22.0 Å². The number of hydrogen-bond acceptors (Lipinski definition) is 2. The smallest absolute Gasteiger partial charge is 0.410 e. The Kier molecular flexibility index (Phi) is 4.19. The summed E-state index contributed by atoms with van der Waals surface area (Å²) in [7, 11) is 0. The predicted molar refractivity (Wildman–Crippen MR) is 79.1 cm³/mol. The molecule has 1 atom stereocenters. The quantitative estimate of drug-likeness (QED) is 0.759. The minimum Gasteiger partial charge on any atom is -0.444 e. The lowest BCUT2D eigenvalue weighted by atomic mass is 10.1. The largest absolute Gasteiger partial charge is 0.444 e. The van der Waals surface area contributed by atoms with E-state index in [2.05, 4.69) is 28.1 Å². The van der Waals surface area contributed by atoms with Crippen LogP contribution < -0.4 is 0 Å². The van der Waals surface area contributed by atoms with Gasteiger partial charge in [-0.1, -0.05) is 28.1 Å². The van der Waals surface area contributed by atoms with Gasteiger partial charge in [0, 0.05) is 11.0 Å². The summed E-state index contributed by atoms with van der Waals surface area (Å²) in [5, 5.41) is 0. The van der Waals surface area contributed by atoms with Gasteiger partial charge in [0.2, 0.25) is 0 Å². The molecule has 1 saturated heterocycles. The molecular weight excluding hydrogens is 306 g/mol. The van der Waals surface area contributed by atoms with Crippen LogP contribution >= 0.6 is 15.9 Å². The first-order valence-corrected chi connectivity index (χ1v) is 7.41. The molecule has 1 aliphatic heterocycles. The van der Waals surface area contributed by atoms with E-state index < -0.39 is 5.60 Å². The van der Waals surface area contributed by atoms with E-state index in [0.29, 0.717) is 0 Å². The Bertz CT molecular complexity index is 450. The van der Waals surface area contributed by atoms with Crippen LogP contribution in [0.25, 0.3) is 0 Å². The molecular formula is C15H20BrNO2. The Morgan fingerprint density at radius 3 is 2.53 bits per heavy atom. The molecule has 1 aromatic carbocycles. The van der Waals surface area contributed by atoms with Gasteiger partial charge in [-0.15, -0.1) is 0 Å². The van der Waals surface area contributed by atoms with Gasteiger partial charge in [0.1, 0.15) is 5.60 Å². The third-order valence-corrected chi connectivity index (χ3v) is 3.66. The molecule has 0 aliphatic carbocycles. The zero-order valence-electron chi connectivity index (χ0n) is 11.6. The van der Waals surface area contributed by atoms with E-state index in [1.54, 1.807) is 0 Å². The topological polar surface area (TPSA) is 29.5 Å². The average molecular weight is 326 g/mol. The number of rotatable bonds is 1. The van der Waals surface area contributed by atoms with E-state index in [1.165, 1.54) is 5.56 Å². The summed E-state index contributed by atoms with van der Waals surface area (Å²) in [5.41, 5.74) is 0.732. The second-order valence-electron chi connectivity index (χ2n) is 5.88. The van der Waals surface area contributed by atoms with Crippen LogP contribution in [0.15, 0.2) is 28.7 Å². The molecule has 1 aromatic rings. The van der Waals surface area contributed by atoms with Crippen molar-refractivity contribution < 1.29 is 9.53 Å². The second kappa shape index (κ2) is 5.53. The summed E-state index contributed by atoms with van der Waals surface area (Å²) in [6, 6.07) is 8.31. The highest BCUT2D eigenvalue weighted by molar-refractivity contribution is 9.10. The Labute approximate surface area is 123 Å². The van der Waals surface area contributed by atoms with E-state index in [4.69, 9.17) is 4.74 Å². The maximum Gasteiger partial charge on any atom is 0.410 e. The maximum atomic E-state index is 12.2. The van der Waals surface area contributed by atoms with Crippen molar-refractivity contribution in [3.05, 3.63) is 34.3 Å². The van der Waals surface area contributed by atoms with Gasteiger partial charge in [0.25, 0.3) is 0 Å². The third kappa shape index (κ3) is 3.72. The monoisotopic (exact) mass is 325 g/mol. The number of likely N-dealkylation sites (tertiary alicyclic amines) is 1. The van der Waals surface area contributed by atoms with Crippen LogP contribution in [0, 0.1) is 0 Å². The Hall–Kier alpha value is -1.03. The second-order valence-corrected chi connectivity index (χ2v) is 6.80.